The second-order valence-corrected chi connectivity index (χ2v) is 10.4. The monoisotopic (exact) mass is 387 g/mol. The van der Waals surface area contributed by atoms with E-state index < -0.39 is 0 Å². The minimum Gasteiger partial charge on any atom is -0.466 e. The van der Waals surface area contributed by atoms with Crippen LogP contribution < -0.4 is 0 Å². The SMILES string of the molecule is CCOC(=O)C[C@H]1CC[C@H]2[C@@H]3CC(C)=C4N(C)C(=O)CC[C@]4(C)[C@H]3CC[C@]12C. The van der Waals surface area contributed by atoms with E-state index in [0.29, 0.717) is 43.1 Å². The topological polar surface area (TPSA) is 46.6 Å². The summed E-state index contributed by atoms with van der Waals surface area (Å²) in [6, 6.07) is 0. The molecule has 0 spiro atoms. The van der Waals surface area contributed by atoms with Gasteiger partial charge in [-0.15, -0.1) is 0 Å². The molecule has 0 aromatic carbocycles. The molecule has 1 amide bonds. The first-order chi connectivity index (χ1) is 13.2. The molecule has 0 N–H and O–H groups in total. The van der Waals surface area contributed by atoms with E-state index in [0.717, 1.165) is 19.3 Å². The smallest absolute Gasteiger partial charge is 0.306 e. The highest BCUT2D eigenvalue weighted by atomic mass is 16.5. The van der Waals surface area contributed by atoms with Crippen LogP contribution in [-0.4, -0.2) is 30.4 Å². The molecule has 4 heteroatoms. The predicted molar refractivity (Wildman–Crippen MR) is 109 cm³/mol. The van der Waals surface area contributed by atoms with Gasteiger partial charge in [0.15, 0.2) is 0 Å². The highest BCUT2D eigenvalue weighted by Gasteiger charge is 2.60. The predicted octanol–water partition coefficient (Wildman–Crippen LogP) is 4.93. The van der Waals surface area contributed by atoms with Crippen molar-refractivity contribution in [2.75, 3.05) is 13.7 Å². The molecular weight excluding hydrogens is 350 g/mol. The number of esters is 1. The lowest BCUT2D eigenvalue weighted by molar-refractivity contribution is -0.146. The van der Waals surface area contributed by atoms with Gasteiger partial charge in [-0.05, 0) is 81.5 Å². The molecule has 3 fully saturated rings. The van der Waals surface area contributed by atoms with Crippen LogP contribution in [0, 0.1) is 34.5 Å². The molecule has 0 bridgehead atoms. The van der Waals surface area contributed by atoms with Crippen LogP contribution in [0.5, 0.6) is 0 Å². The van der Waals surface area contributed by atoms with Gasteiger partial charge in [-0.2, -0.15) is 0 Å². The number of rotatable bonds is 3. The summed E-state index contributed by atoms with van der Waals surface area (Å²) in [7, 11) is 1.98. The maximum absolute atomic E-state index is 12.4. The molecule has 3 aliphatic carbocycles. The average Bonchev–Trinajstić information content (AvgIpc) is 2.95. The number of allylic oxidation sites excluding steroid dienone is 2. The molecule has 156 valence electrons. The van der Waals surface area contributed by atoms with E-state index in [4.69, 9.17) is 4.74 Å². The zero-order valence-electron chi connectivity index (χ0n) is 18.3. The van der Waals surface area contributed by atoms with Gasteiger partial charge in [0.25, 0.3) is 0 Å². The van der Waals surface area contributed by atoms with E-state index in [9.17, 15) is 9.59 Å². The van der Waals surface area contributed by atoms with Crippen LogP contribution in [0.1, 0.15) is 79.1 Å². The van der Waals surface area contributed by atoms with Crippen molar-refractivity contribution in [1.29, 1.82) is 0 Å². The highest BCUT2D eigenvalue weighted by Crippen LogP contribution is 2.67. The van der Waals surface area contributed by atoms with Crippen molar-refractivity contribution in [3.8, 4) is 0 Å². The number of amides is 1. The molecule has 0 unspecified atom stereocenters. The van der Waals surface area contributed by atoms with Gasteiger partial charge >= 0.3 is 5.97 Å². The van der Waals surface area contributed by atoms with E-state index in [-0.39, 0.29) is 22.7 Å². The minimum atomic E-state index is -0.0158. The Morgan fingerprint density at radius 1 is 1.18 bits per heavy atom. The van der Waals surface area contributed by atoms with Gasteiger partial charge in [-0.25, -0.2) is 0 Å². The van der Waals surface area contributed by atoms with Gasteiger partial charge in [0.1, 0.15) is 0 Å². The van der Waals surface area contributed by atoms with Crippen LogP contribution >= 0.6 is 0 Å². The number of carbonyl (C=O) groups is 2. The summed E-state index contributed by atoms with van der Waals surface area (Å²) in [6.07, 6.45) is 8.24. The highest BCUT2D eigenvalue weighted by molar-refractivity contribution is 5.79. The molecule has 1 heterocycles. The van der Waals surface area contributed by atoms with Gasteiger partial charge in [0, 0.05) is 31.0 Å². The summed E-state index contributed by atoms with van der Waals surface area (Å²) in [6.45, 7) is 9.52. The lowest BCUT2D eigenvalue weighted by Crippen LogP contribution is -2.54. The van der Waals surface area contributed by atoms with Crippen LogP contribution in [-0.2, 0) is 14.3 Å². The summed E-state index contributed by atoms with van der Waals surface area (Å²) in [5.74, 6) is 2.79. The number of likely N-dealkylation sites (tertiary alicyclic amines) is 1. The second kappa shape index (κ2) is 6.88. The lowest BCUT2D eigenvalue weighted by atomic mass is 9.48. The van der Waals surface area contributed by atoms with Crippen LogP contribution in [0.2, 0.25) is 0 Å². The van der Waals surface area contributed by atoms with E-state index in [2.05, 4.69) is 20.8 Å². The van der Waals surface area contributed by atoms with Gasteiger partial charge in [-0.1, -0.05) is 19.4 Å². The van der Waals surface area contributed by atoms with Crippen LogP contribution in [0.4, 0.5) is 0 Å². The summed E-state index contributed by atoms with van der Waals surface area (Å²) < 4.78 is 5.28. The van der Waals surface area contributed by atoms with Crippen molar-refractivity contribution >= 4 is 11.9 Å². The first kappa shape index (κ1) is 20.0. The lowest BCUT2D eigenvalue weighted by Gasteiger charge is -2.59. The molecule has 0 aromatic rings. The molecule has 1 saturated heterocycles. The van der Waals surface area contributed by atoms with Crippen molar-refractivity contribution < 1.29 is 14.3 Å². The summed E-state index contributed by atoms with van der Waals surface area (Å²) in [4.78, 5) is 26.5. The van der Waals surface area contributed by atoms with Crippen molar-refractivity contribution in [1.82, 2.24) is 4.90 Å². The third kappa shape index (κ3) is 2.77. The van der Waals surface area contributed by atoms with Crippen LogP contribution in [0.25, 0.3) is 0 Å². The van der Waals surface area contributed by atoms with E-state index >= 15 is 0 Å². The summed E-state index contributed by atoms with van der Waals surface area (Å²) >= 11 is 0. The second-order valence-electron chi connectivity index (χ2n) is 10.4. The largest absolute Gasteiger partial charge is 0.466 e. The van der Waals surface area contributed by atoms with Crippen molar-refractivity contribution in [2.24, 2.45) is 34.5 Å². The molecular formula is C24H37NO3. The van der Waals surface area contributed by atoms with Gasteiger partial charge < -0.3 is 9.64 Å². The Bertz CT molecular complexity index is 713. The molecule has 1 aliphatic heterocycles. The number of hydrogen-bond donors (Lipinski definition) is 0. The number of ether oxygens (including phenoxy) is 1. The average molecular weight is 388 g/mol. The molecule has 4 rings (SSSR count). The Hall–Kier alpha value is -1.32. The molecule has 0 aromatic heterocycles. The number of hydrogen-bond acceptors (Lipinski definition) is 3. The van der Waals surface area contributed by atoms with Gasteiger partial charge in [-0.3, -0.25) is 9.59 Å². The zero-order valence-corrected chi connectivity index (χ0v) is 18.3. The van der Waals surface area contributed by atoms with Gasteiger partial charge in [0.05, 0.1) is 6.61 Å². The summed E-state index contributed by atoms with van der Waals surface area (Å²) in [5.41, 5.74) is 3.15. The first-order valence-electron chi connectivity index (χ1n) is 11.3. The molecule has 2 saturated carbocycles. The molecule has 0 radical (unpaired) electrons. The quantitative estimate of drug-likeness (QED) is 0.645. The fraction of sp³-hybridized carbons (Fsp3) is 0.833. The zero-order chi connectivity index (χ0) is 20.3. The number of carbonyl (C=O) groups excluding carboxylic acids is 2. The standard InChI is InChI=1S/C24H37NO3/c1-6-28-21(27)14-16-7-8-18-17-13-15(2)22-24(4,12-10-20(26)25(22)5)19(17)9-11-23(16,18)3/h16-19H,6-14H2,1-5H3/t16-,17+,18+,19+,23-,24-/m1/s1. The Morgan fingerprint density at radius 2 is 1.93 bits per heavy atom. The maximum Gasteiger partial charge on any atom is 0.306 e. The Labute approximate surface area is 170 Å². The maximum atomic E-state index is 12.4. The van der Waals surface area contributed by atoms with E-state index in [1.807, 2.05) is 18.9 Å². The number of fused-ring (bicyclic) bond motifs is 5. The third-order valence-corrected chi connectivity index (χ3v) is 9.23. The van der Waals surface area contributed by atoms with E-state index in [1.165, 1.54) is 30.5 Å². The third-order valence-electron chi connectivity index (χ3n) is 9.23. The van der Waals surface area contributed by atoms with Crippen molar-refractivity contribution in [3.63, 3.8) is 0 Å². The normalized spacial score (nSPS) is 42.8. The van der Waals surface area contributed by atoms with Crippen molar-refractivity contribution in [2.45, 2.75) is 79.1 Å². The van der Waals surface area contributed by atoms with Crippen molar-refractivity contribution in [3.05, 3.63) is 11.3 Å². The Balaban J connectivity index is 1.62. The van der Waals surface area contributed by atoms with Crippen LogP contribution in [0.3, 0.4) is 0 Å². The summed E-state index contributed by atoms with van der Waals surface area (Å²) in [5, 5.41) is 0. The van der Waals surface area contributed by atoms with Crippen LogP contribution in [0.15, 0.2) is 11.3 Å². The van der Waals surface area contributed by atoms with E-state index in [1.54, 1.807) is 0 Å². The molecule has 6 atom stereocenters. The fourth-order valence-corrected chi connectivity index (χ4v) is 7.97. The first-order valence-corrected chi connectivity index (χ1v) is 11.3. The number of nitrogens with zero attached hydrogens (tertiary/aromatic N) is 1. The Kier molecular flexibility index (Phi) is 4.91. The molecule has 4 aliphatic rings. The molecule has 28 heavy (non-hydrogen) atoms. The van der Waals surface area contributed by atoms with Gasteiger partial charge in [0.2, 0.25) is 5.91 Å². The molecule has 4 nitrogen and oxygen atoms in total. The minimum absolute atomic E-state index is 0.0158. The Morgan fingerprint density at radius 3 is 2.64 bits per heavy atom. The fourth-order valence-electron chi connectivity index (χ4n) is 7.97. The number of piperidine rings is 1.